The Hall–Kier alpha value is -1.66. The van der Waals surface area contributed by atoms with Gasteiger partial charge in [0, 0.05) is 0 Å². The summed E-state index contributed by atoms with van der Waals surface area (Å²) in [6.07, 6.45) is 1.45. The van der Waals surface area contributed by atoms with Crippen LogP contribution in [0.3, 0.4) is 0 Å². The first-order valence-electron chi connectivity index (χ1n) is 4.62. The third-order valence-corrected chi connectivity index (χ3v) is 2.93. The van der Waals surface area contributed by atoms with Crippen LogP contribution in [0.15, 0.2) is 35.6 Å². The van der Waals surface area contributed by atoms with Crippen molar-refractivity contribution in [2.24, 2.45) is 5.14 Å². The zero-order chi connectivity index (χ0) is 11.8. The summed E-state index contributed by atoms with van der Waals surface area (Å²) in [7, 11) is -3.76. The molecule has 0 saturated heterocycles. The smallest absolute Gasteiger partial charge is 0.271 e. The van der Waals surface area contributed by atoms with E-state index in [1.54, 1.807) is 0 Å². The Bertz CT molecular complexity index is 599. The molecule has 0 unspecified atom stereocenters. The Morgan fingerprint density at radius 3 is 2.38 bits per heavy atom. The van der Waals surface area contributed by atoms with Crippen molar-refractivity contribution in [1.29, 1.82) is 0 Å². The average molecular weight is 237 g/mol. The molecule has 1 aromatic heterocycles. The highest BCUT2D eigenvalue weighted by Crippen LogP contribution is 2.18. The largest absolute Gasteiger partial charge is 0.328 e. The zero-order valence-corrected chi connectivity index (χ0v) is 9.45. The van der Waals surface area contributed by atoms with E-state index in [2.05, 4.69) is 9.97 Å². The third kappa shape index (κ3) is 2.12. The molecular formula is C10H11N3O2S. The van der Waals surface area contributed by atoms with Gasteiger partial charge in [-0.15, -0.1) is 0 Å². The normalized spacial score (nSPS) is 11.6. The number of primary sulfonamides is 1. The van der Waals surface area contributed by atoms with Crippen molar-refractivity contribution in [3.63, 3.8) is 0 Å². The van der Waals surface area contributed by atoms with Crippen molar-refractivity contribution in [3.8, 4) is 11.3 Å². The molecule has 2 rings (SSSR count). The van der Waals surface area contributed by atoms with E-state index < -0.39 is 10.0 Å². The summed E-state index contributed by atoms with van der Waals surface area (Å²) in [5.74, 6) is 0. The second kappa shape index (κ2) is 3.73. The van der Waals surface area contributed by atoms with Crippen LogP contribution in [0.5, 0.6) is 0 Å². The van der Waals surface area contributed by atoms with Gasteiger partial charge >= 0.3 is 0 Å². The lowest BCUT2D eigenvalue weighted by atomic mass is 10.1. The molecule has 5 nitrogen and oxygen atoms in total. The molecule has 1 heterocycles. The minimum atomic E-state index is -3.76. The Labute approximate surface area is 93.4 Å². The Morgan fingerprint density at radius 2 is 1.88 bits per heavy atom. The van der Waals surface area contributed by atoms with Crippen LogP contribution in [-0.4, -0.2) is 18.4 Å². The minimum Gasteiger partial charge on any atom is -0.328 e. The van der Waals surface area contributed by atoms with E-state index in [1.807, 2.05) is 31.2 Å². The van der Waals surface area contributed by atoms with Crippen LogP contribution in [0.1, 0.15) is 5.56 Å². The number of benzene rings is 1. The van der Waals surface area contributed by atoms with Gasteiger partial charge in [0.1, 0.15) is 0 Å². The summed E-state index contributed by atoms with van der Waals surface area (Å²) >= 11 is 0. The minimum absolute atomic E-state index is 0.219. The zero-order valence-electron chi connectivity index (χ0n) is 8.64. The molecule has 0 amide bonds. The number of nitrogens with zero attached hydrogens (tertiary/aromatic N) is 1. The van der Waals surface area contributed by atoms with Crippen LogP contribution in [-0.2, 0) is 10.0 Å². The van der Waals surface area contributed by atoms with E-state index in [4.69, 9.17) is 5.14 Å². The highest BCUT2D eigenvalue weighted by molar-refractivity contribution is 7.89. The summed E-state index contributed by atoms with van der Waals surface area (Å²) in [4.78, 5) is 6.38. The van der Waals surface area contributed by atoms with E-state index in [0.717, 1.165) is 11.1 Å². The van der Waals surface area contributed by atoms with Crippen LogP contribution in [0, 0.1) is 6.92 Å². The Kier molecular flexibility index (Phi) is 2.53. The quantitative estimate of drug-likeness (QED) is 0.817. The van der Waals surface area contributed by atoms with Crippen molar-refractivity contribution in [1.82, 2.24) is 9.97 Å². The number of nitrogens with one attached hydrogen (secondary N) is 1. The summed E-state index contributed by atoms with van der Waals surface area (Å²) in [5, 5.41) is 4.73. The van der Waals surface area contributed by atoms with Gasteiger partial charge in [-0.25, -0.2) is 18.5 Å². The summed E-state index contributed by atoms with van der Waals surface area (Å²) < 4.78 is 22.0. The highest BCUT2D eigenvalue weighted by atomic mass is 32.2. The van der Waals surface area contributed by atoms with E-state index in [1.165, 1.54) is 6.20 Å². The second-order valence-corrected chi connectivity index (χ2v) is 4.99. The van der Waals surface area contributed by atoms with Gasteiger partial charge in [-0.1, -0.05) is 29.8 Å². The van der Waals surface area contributed by atoms with E-state index >= 15 is 0 Å². The predicted octanol–water partition coefficient (Wildman–Crippen LogP) is 1.03. The van der Waals surface area contributed by atoms with Gasteiger partial charge in [0.2, 0.25) is 5.16 Å². The van der Waals surface area contributed by atoms with Gasteiger partial charge in [-0.3, -0.25) is 0 Å². The first kappa shape index (κ1) is 10.8. The lowest BCUT2D eigenvalue weighted by molar-refractivity contribution is 0.590. The lowest BCUT2D eigenvalue weighted by Gasteiger charge is -1.97. The molecule has 3 N–H and O–H groups in total. The molecule has 84 valence electrons. The molecule has 16 heavy (non-hydrogen) atoms. The lowest BCUT2D eigenvalue weighted by Crippen LogP contribution is -2.13. The molecule has 1 aromatic carbocycles. The summed E-state index contributed by atoms with van der Waals surface area (Å²) in [6, 6.07) is 7.64. The van der Waals surface area contributed by atoms with Crippen molar-refractivity contribution in [2.75, 3.05) is 0 Å². The maximum Gasteiger partial charge on any atom is 0.271 e. The SMILES string of the molecule is Cc1ccc(-c2cnc(S(N)(=O)=O)[nH]2)cc1. The summed E-state index contributed by atoms with van der Waals surface area (Å²) in [5.41, 5.74) is 2.63. The fraction of sp³-hybridized carbons (Fsp3) is 0.100. The molecule has 2 aromatic rings. The van der Waals surface area contributed by atoms with Crippen LogP contribution >= 0.6 is 0 Å². The molecule has 0 aliphatic heterocycles. The van der Waals surface area contributed by atoms with Crippen LogP contribution in [0.2, 0.25) is 0 Å². The van der Waals surface area contributed by atoms with Gasteiger partial charge in [-0.05, 0) is 12.5 Å². The molecule has 0 fully saturated rings. The molecule has 0 bridgehead atoms. The van der Waals surface area contributed by atoms with Crippen molar-refractivity contribution < 1.29 is 8.42 Å². The summed E-state index contributed by atoms with van der Waals surface area (Å²) in [6.45, 7) is 1.98. The van der Waals surface area contributed by atoms with Crippen LogP contribution in [0.4, 0.5) is 0 Å². The monoisotopic (exact) mass is 237 g/mol. The fourth-order valence-corrected chi connectivity index (χ4v) is 1.78. The first-order valence-corrected chi connectivity index (χ1v) is 6.16. The van der Waals surface area contributed by atoms with E-state index in [-0.39, 0.29) is 5.16 Å². The number of nitrogens with two attached hydrogens (primary N) is 1. The van der Waals surface area contributed by atoms with Crippen molar-refractivity contribution in [2.45, 2.75) is 12.1 Å². The number of hydrogen-bond donors (Lipinski definition) is 2. The second-order valence-electron chi connectivity index (χ2n) is 3.51. The molecule has 0 radical (unpaired) electrons. The van der Waals surface area contributed by atoms with Gasteiger partial charge in [-0.2, -0.15) is 0 Å². The Morgan fingerprint density at radius 1 is 1.25 bits per heavy atom. The van der Waals surface area contributed by atoms with Crippen molar-refractivity contribution >= 4 is 10.0 Å². The molecular weight excluding hydrogens is 226 g/mol. The molecule has 0 atom stereocenters. The number of hydrogen-bond acceptors (Lipinski definition) is 3. The molecule has 6 heteroatoms. The number of H-pyrrole nitrogens is 1. The Balaban J connectivity index is 2.43. The predicted molar refractivity (Wildman–Crippen MR) is 60.1 cm³/mol. The number of sulfonamides is 1. The topological polar surface area (TPSA) is 88.8 Å². The number of aryl methyl sites for hydroxylation is 1. The number of rotatable bonds is 2. The van der Waals surface area contributed by atoms with Gasteiger partial charge in [0.25, 0.3) is 10.0 Å². The maximum atomic E-state index is 11.0. The molecule has 0 aliphatic rings. The van der Waals surface area contributed by atoms with Crippen LogP contribution in [0.25, 0.3) is 11.3 Å². The number of imidazole rings is 1. The van der Waals surface area contributed by atoms with E-state index in [0.29, 0.717) is 5.69 Å². The first-order chi connectivity index (χ1) is 7.47. The highest BCUT2D eigenvalue weighted by Gasteiger charge is 2.12. The standard InChI is InChI=1S/C10H11N3O2S/c1-7-2-4-8(5-3-7)9-6-12-10(13-9)16(11,14)15/h2-6H,1H3,(H,12,13)(H2,11,14,15). The average Bonchev–Trinajstić information content (AvgIpc) is 2.67. The van der Waals surface area contributed by atoms with Gasteiger partial charge < -0.3 is 4.98 Å². The maximum absolute atomic E-state index is 11.0. The molecule has 0 saturated carbocycles. The van der Waals surface area contributed by atoms with Crippen LogP contribution < -0.4 is 5.14 Å². The third-order valence-electron chi connectivity index (χ3n) is 2.18. The number of aromatic nitrogens is 2. The van der Waals surface area contributed by atoms with Gasteiger partial charge in [0.05, 0.1) is 11.9 Å². The van der Waals surface area contributed by atoms with Crippen molar-refractivity contribution in [3.05, 3.63) is 36.0 Å². The molecule has 0 aliphatic carbocycles. The van der Waals surface area contributed by atoms with E-state index in [9.17, 15) is 8.42 Å². The van der Waals surface area contributed by atoms with Gasteiger partial charge in [0.15, 0.2) is 0 Å². The fourth-order valence-electron chi connectivity index (χ4n) is 1.33. The number of aromatic amines is 1. The molecule has 0 spiro atoms.